The van der Waals surface area contributed by atoms with Crippen LogP contribution in [0.4, 0.5) is 10.9 Å². The number of rotatable bonds is 5. The molecule has 2 atom stereocenters. The maximum absolute atomic E-state index is 12.3. The van der Waals surface area contributed by atoms with E-state index in [1.54, 1.807) is 0 Å². The van der Waals surface area contributed by atoms with Gasteiger partial charge in [0.05, 0.1) is 0 Å². The minimum absolute atomic E-state index is 0.0374. The van der Waals surface area contributed by atoms with Crippen LogP contribution in [0.3, 0.4) is 0 Å². The fraction of sp³-hybridized carbons (Fsp3) is 0.714. The van der Waals surface area contributed by atoms with Crippen molar-refractivity contribution < 1.29 is 4.79 Å². The lowest BCUT2D eigenvalue weighted by molar-refractivity contribution is 0.0926. The second-order valence-electron chi connectivity index (χ2n) is 6.04. The van der Waals surface area contributed by atoms with Gasteiger partial charge in [0.1, 0.15) is 10.7 Å². The molecule has 0 spiro atoms. The van der Waals surface area contributed by atoms with Gasteiger partial charge < -0.3 is 22.1 Å². The zero-order valence-electron chi connectivity index (χ0n) is 12.7. The molecule has 0 radical (unpaired) electrons. The van der Waals surface area contributed by atoms with Gasteiger partial charge in [-0.1, -0.05) is 38.0 Å². The quantitative estimate of drug-likeness (QED) is 0.663. The van der Waals surface area contributed by atoms with E-state index in [1.807, 2.05) is 0 Å². The molecule has 1 aliphatic carbocycles. The number of carbonyl (C=O) groups excluding carboxylic acids is 1. The fourth-order valence-corrected chi connectivity index (χ4v) is 3.23. The van der Waals surface area contributed by atoms with E-state index >= 15 is 0 Å². The molecule has 2 rings (SSSR count). The minimum Gasteiger partial charge on any atom is -0.382 e. The van der Waals surface area contributed by atoms with Crippen LogP contribution in [0.25, 0.3) is 0 Å². The maximum atomic E-state index is 12.3. The lowest BCUT2D eigenvalue weighted by atomic mass is 9.91. The molecule has 0 bridgehead atoms. The largest absolute Gasteiger partial charge is 0.382 e. The second-order valence-corrected chi connectivity index (χ2v) is 7.04. The van der Waals surface area contributed by atoms with E-state index in [1.165, 1.54) is 11.3 Å². The van der Waals surface area contributed by atoms with Crippen LogP contribution in [0, 0.1) is 5.92 Å². The van der Waals surface area contributed by atoms with Gasteiger partial charge in [-0.15, -0.1) is 0 Å². The van der Waals surface area contributed by atoms with Crippen molar-refractivity contribution >= 4 is 28.2 Å². The van der Waals surface area contributed by atoms with Crippen molar-refractivity contribution in [3.05, 3.63) is 4.88 Å². The first-order valence-corrected chi connectivity index (χ1v) is 8.35. The molecule has 2 unspecified atom stereocenters. The van der Waals surface area contributed by atoms with Crippen molar-refractivity contribution in [1.29, 1.82) is 0 Å². The Morgan fingerprint density at radius 3 is 2.81 bits per heavy atom. The Bertz CT molecular complexity index is 488. The summed E-state index contributed by atoms with van der Waals surface area (Å²) in [5.74, 6) is 0.630. The molecule has 1 aliphatic rings. The summed E-state index contributed by atoms with van der Waals surface area (Å²) in [5, 5.41) is 6.89. The summed E-state index contributed by atoms with van der Waals surface area (Å²) < 4.78 is 0. The van der Waals surface area contributed by atoms with Crippen LogP contribution < -0.4 is 22.1 Å². The number of thiazole rings is 1. The van der Waals surface area contributed by atoms with E-state index in [4.69, 9.17) is 11.5 Å². The second kappa shape index (κ2) is 7.09. The van der Waals surface area contributed by atoms with Crippen molar-refractivity contribution in [2.24, 2.45) is 11.7 Å². The van der Waals surface area contributed by atoms with Gasteiger partial charge in [-0.05, 0) is 18.8 Å². The molecular weight excluding hydrogens is 286 g/mol. The highest BCUT2D eigenvalue weighted by molar-refractivity contribution is 7.18. The van der Waals surface area contributed by atoms with Crippen LogP contribution in [-0.4, -0.2) is 29.5 Å². The van der Waals surface area contributed by atoms with Crippen LogP contribution in [0.15, 0.2) is 0 Å². The fourth-order valence-electron chi connectivity index (χ4n) is 2.43. The molecule has 1 fully saturated rings. The Labute approximate surface area is 129 Å². The molecule has 0 aromatic carbocycles. The smallest absolute Gasteiger partial charge is 0.265 e. The molecule has 1 amide bonds. The van der Waals surface area contributed by atoms with E-state index in [0.717, 1.165) is 32.2 Å². The molecule has 1 aromatic rings. The van der Waals surface area contributed by atoms with Gasteiger partial charge in [0, 0.05) is 18.6 Å². The predicted octanol–water partition coefficient (Wildman–Crippen LogP) is 1.79. The molecule has 1 saturated carbocycles. The van der Waals surface area contributed by atoms with Crippen LogP contribution in [0.1, 0.15) is 49.2 Å². The zero-order valence-corrected chi connectivity index (χ0v) is 13.5. The summed E-state index contributed by atoms with van der Waals surface area (Å²) in [4.78, 5) is 17.0. The highest BCUT2D eigenvalue weighted by Crippen LogP contribution is 2.26. The first kappa shape index (κ1) is 16.0. The Hall–Kier alpha value is -1.34. The highest BCUT2D eigenvalue weighted by atomic mass is 32.1. The van der Waals surface area contributed by atoms with Gasteiger partial charge in [-0.25, -0.2) is 4.98 Å². The van der Waals surface area contributed by atoms with Crippen molar-refractivity contribution in [3.63, 3.8) is 0 Å². The first-order chi connectivity index (χ1) is 9.97. The number of aromatic nitrogens is 1. The average Bonchev–Trinajstić information content (AvgIpc) is 2.80. The molecule has 0 aliphatic heterocycles. The molecule has 6 N–H and O–H groups in total. The van der Waals surface area contributed by atoms with Gasteiger partial charge >= 0.3 is 0 Å². The van der Waals surface area contributed by atoms with Crippen molar-refractivity contribution in [1.82, 2.24) is 10.3 Å². The van der Waals surface area contributed by atoms with E-state index in [9.17, 15) is 4.79 Å². The van der Waals surface area contributed by atoms with Gasteiger partial charge in [0.2, 0.25) is 0 Å². The standard InChI is InChI=1S/C14H25N5OS/c1-8(2)7-17-14-19-12(16)11(21-14)13(20)18-10-6-4-3-5-9(10)15/h8-10H,3-7,15-16H2,1-2H3,(H,17,19)(H,18,20). The number of hydrogen-bond donors (Lipinski definition) is 4. The van der Waals surface area contributed by atoms with Crippen molar-refractivity contribution in [2.45, 2.75) is 51.6 Å². The van der Waals surface area contributed by atoms with Gasteiger partial charge in [-0.3, -0.25) is 4.79 Å². The third-order valence-corrected chi connectivity index (χ3v) is 4.68. The Morgan fingerprint density at radius 2 is 2.14 bits per heavy atom. The van der Waals surface area contributed by atoms with Gasteiger partial charge in [0.15, 0.2) is 5.13 Å². The summed E-state index contributed by atoms with van der Waals surface area (Å²) in [6.45, 7) is 5.03. The summed E-state index contributed by atoms with van der Waals surface area (Å²) in [5.41, 5.74) is 11.9. The molecule has 21 heavy (non-hydrogen) atoms. The summed E-state index contributed by atoms with van der Waals surface area (Å²) in [6.07, 6.45) is 4.14. The van der Waals surface area contributed by atoms with Crippen LogP contribution in [-0.2, 0) is 0 Å². The number of anilines is 2. The van der Waals surface area contributed by atoms with Crippen molar-refractivity contribution in [2.75, 3.05) is 17.6 Å². The van der Waals surface area contributed by atoms with Gasteiger partial charge in [0.25, 0.3) is 5.91 Å². The number of hydrogen-bond acceptors (Lipinski definition) is 6. The molecule has 7 heteroatoms. The van der Waals surface area contributed by atoms with E-state index in [0.29, 0.717) is 15.9 Å². The normalized spacial score (nSPS) is 22.3. The maximum Gasteiger partial charge on any atom is 0.265 e. The molecule has 1 heterocycles. The molecule has 0 saturated heterocycles. The van der Waals surface area contributed by atoms with Crippen LogP contribution in [0.5, 0.6) is 0 Å². The molecule has 6 nitrogen and oxygen atoms in total. The van der Waals surface area contributed by atoms with Crippen molar-refractivity contribution in [3.8, 4) is 0 Å². The van der Waals surface area contributed by atoms with Crippen LogP contribution >= 0.6 is 11.3 Å². The molecular formula is C14H25N5OS. The Morgan fingerprint density at radius 1 is 1.43 bits per heavy atom. The number of carbonyl (C=O) groups is 1. The summed E-state index contributed by atoms with van der Waals surface area (Å²) >= 11 is 1.30. The number of amides is 1. The number of nitrogens with zero attached hydrogens (tertiary/aromatic N) is 1. The minimum atomic E-state index is -0.162. The van der Waals surface area contributed by atoms with E-state index < -0.39 is 0 Å². The van der Waals surface area contributed by atoms with E-state index in [-0.39, 0.29) is 23.8 Å². The third kappa shape index (κ3) is 4.31. The first-order valence-electron chi connectivity index (χ1n) is 7.54. The number of nitrogens with one attached hydrogen (secondary N) is 2. The summed E-state index contributed by atoms with van der Waals surface area (Å²) in [6, 6.07) is 0.0789. The molecule has 1 aromatic heterocycles. The lowest BCUT2D eigenvalue weighted by Crippen LogP contribution is -2.49. The SMILES string of the molecule is CC(C)CNc1nc(N)c(C(=O)NC2CCCCC2N)s1. The monoisotopic (exact) mass is 311 g/mol. The molecule has 118 valence electrons. The number of nitrogen functional groups attached to an aromatic ring is 1. The zero-order chi connectivity index (χ0) is 15.4. The average molecular weight is 311 g/mol. The third-order valence-electron chi connectivity index (χ3n) is 3.66. The predicted molar refractivity (Wildman–Crippen MR) is 87.6 cm³/mol. The lowest BCUT2D eigenvalue weighted by Gasteiger charge is -2.29. The van der Waals surface area contributed by atoms with Crippen LogP contribution in [0.2, 0.25) is 0 Å². The Kier molecular flexibility index (Phi) is 5.41. The van der Waals surface area contributed by atoms with Gasteiger partial charge in [-0.2, -0.15) is 0 Å². The van der Waals surface area contributed by atoms with E-state index in [2.05, 4.69) is 29.5 Å². The highest BCUT2D eigenvalue weighted by Gasteiger charge is 2.25. The topological polar surface area (TPSA) is 106 Å². The summed E-state index contributed by atoms with van der Waals surface area (Å²) in [7, 11) is 0. The Balaban J connectivity index is 1.98. The number of nitrogens with two attached hydrogens (primary N) is 2.